The number of carbonyl (C=O) groups is 2. The molecule has 4 rings (SSSR count). The van der Waals surface area contributed by atoms with Gasteiger partial charge >= 0.3 is 0 Å². The van der Waals surface area contributed by atoms with Crippen LogP contribution in [-0.2, 0) is 4.79 Å². The minimum atomic E-state index is 0.151. The van der Waals surface area contributed by atoms with Crippen LogP contribution in [0.5, 0.6) is 0 Å². The SMILES string of the molecule is CC(C)N1CCN(C(=O)C2CCN(c3ccc(C(=O)C4CCC4)cc3)CC2)C[C@@H]1C. The van der Waals surface area contributed by atoms with Gasteiger partial charge in [-0.25, -0.2) is 0 Å². The molecule has 1 saturated carbocycles. The molecule has 30 heavy (non-hydrogen) atoms. The zero-order valence-electron chi connectivity index (χ0n) is 18.8. The lowest BCUT2D eigenvalue weighted by Crippen LogP contribution is -2.57. The van der Waals surface area contributed by atoms with Crippen molar-refractivity contribution in [3.63, 3.8) is 0 Å². The first-order valence-electron chi connectivity index (χ1n) is 11.9. The summed E-state index contributed by atoms with van der Waals surface area (Å²) in [4.78, 5) is 32.4. The molecule has 3 fully saturated rings. The number of carbonyl (C=O) groups excluding carboxylic acids is 2. The van der Waals surface area contributed by atoms with Crippen LogP contribution < -0.4 is 4.90 Å². The van der Waals surface area contributed by atoms with E-state index in [0.717, 1.165) is 64.0 Å². The number of piperazine rings is 1. The molecule has 1 amide bonds. The lowest BCUT2D eigenvalue weighted by atomic mass is 9.80. The highest BCUT2D eigenvalue weighted by Gasteiger charge is 2.33. The van der Waals surface area contributed by atoms with Gasteiger partial charge in [0.1, 0.15) is 0 Å². The van der Waals surface area contributed by atoms with Gasteiger partial charge in [0.15, 0.2) is 5.78 Å². The van der Waals surface area contributed by atoms with E-state index in [1.165, 1.54) is 12.1 Å². The Hall–Kier alpha value is -1.88. The summed E-state index contributed by atoms with van der Waals surface area (Å²) in [6.45, 7) is 11.2. The number of ketones is 1. The van der Waals surface area contributed by atoms with E-state index in [4.69, 9.17) is 0 Å². The van der Waals surface area contributed by atoms with Crippen LogP contribution in [-0.4, -0.2) is 66.3 Å². The van der Waals surface area contributed by atoms with Crippen LogP contribution in [0.15, 0.2) is 24.3 Å². The van der Waals surface area contributed by atoms with Crippen molar-refractivity contribution in [1.82, 2.24) is 9.80 Å². The molecule has 5 nitrogen and oxygen atoms in total. The number of hydrogen-bond acceptors (Lipinski definition) is 4. The molecule has 2 aliphatic heterocycles. The van der Waals surface area contributed by atoms with E-state index in [-0.39, 0.29) is 11.8 Å². The molecule has 1 aliphatic carbocycles. The maximum atomic E-state index is 13.1. The quantitative estimate of drug-likeness (QED) is 0.691. The molecule has 5 heteroatoms. The Kier molecular flexibility index (Phi) is 6.47. The van der Waals surface area contributed by atoms with E-state index in [9.17, 15) is 9.59 Å². The van der Waals surface area contributed by atoms with E-state index < -0.39 is 0 Å². The molecule has 1 aromatic rings. The Morgan fingerprint density at radius 1 is 0.900 bits per heavy atom. The van der Waals surface area contributed by atoms with Gasteiger partial charge in [0.05, 0.1) is 0 Å². The number of Topliss-reactive ketones (excluding diaryl/α,β-unsaturated/α-hetero) is 1. The van der Waals surface area contributed by atoms with Crippen molar-refractivity contribution in [3.05, 3.63) is 29.8 Å². The number of hydrogen-bond donors (Lipinski definition) is 0. The molecular weight excluding hydrogens is 374 g/mol. The summed E-state index contributed by atoms with van der Waals surface area (Å²) in [6.07, 6.45) is 5.12. The average Bonchev–Trinajstić information content (AvgIpc) is 2.72. The molecule has 0 N–H and O–H groups in total. The predicted octanol–water partition coefficient (Wildman–Crippen LogP) is 3.83. The topological polar surface area (TPSA) is 43.9 Å². The molecular formula is C25H37N3O2. The normalized spacial score (nSPS) is 24.2. The number of nitrogens with zero attached hydrogens (tertiary/aromatic N) is 3. The first-order chi connectivity index (χ1) is 14.4. The monoisotopic (exact) mass is 411 g/mol. The standard InChI is InChI=1S/C25H37N3O2/c1-18(2)28-16-15-27(17-19(28)3)25(30)22-11-13-26(14-12-22)23-9-7-21(8-10-23)24(29)20-5-4-6-20/h7-10,18-20,22H,4-6,11-17H2,1-3H3/t19-/m0/s1. The molecule has 0 spiro atoms. The minimum Gasteiger partial charge on any atom is -0.371 e. The van der Waals surface area contributed by atoms with Crippen molar-refractivity contribution >= 4 is 17.4 Å². The zero-order chi connectivity index (χ0) is 21.3. The largest absolute Gasteiger partial charge is 0.371 e. The molecule has 164 valence electrons. The minimum absolute atomic E-state index is 0.151. The van der Waals surface area contributed by atoms with Crippen molar-refractivity contribution in [2.24, 2.45) is 11.8 Å². The van der Waals surface area contributed by atoms with E-state index in [2.05, 4.69) is 47.6 Å². The fourth-order valence-electron chi connectivity index (χ4n) is 5.32. The first-order valence-corrected chi connectivity index (χ1v) is 11.9. The van der Waals surface area contributed by atoms with Gasteiger partial charge < -0.3 is 9.80 Å². The Balaban J connectivity index is 1.28. The predicted molar refractivity (Wildman–Crippen MR) is 121 cm³/mol. The Morgan fingerprint density at radius 3 is 2.10 bits per heavy atom. The highest BCUT2D eigenvalue weighted by atomic mass is 16.2. The van der Waals surface area contributed by atoms with E-state index >= 15 is 0 Å². The van der Waals surface area contributed by atoms with Gasteiger partial charge in [-0.15, -0.1) is 0 Å². The van der Waals surface area contributed by atoms with Crippen molar-refractivity contribution in [1.29, 1.82) is 0 Å². The molecule has 3 aliphatic rings. The number of anilines is 1. The second-order valence-electron chi connectivity index (χ2n) is 9.77. The van der Waals surface area contributed by atoms with Crippen LogP contribution in [0.1, 0.15) is 63.2 Å². The van der Waals surface area contributed by atoms with Crippen LogP contribution >= 0.6 is 0 Å². The van der Waals surface area contributed by atoms with Crippen molar-refractivity contribution < 1.29 is 9.59 Å². The van der Waals surface area contributed by atoms with Gasteiger partial charge in [-0.2, -0.15) is 0 Å². The van der Waals surface area contributed by atoms with E-state index in [1.807, 2.05) is 12.1 Å². The maximum Gasteiger partial charge on any atom is 0.225 e. The van der Waals surface area contributed by atoms with Crippen molar-refractivity contribution in [2.45, 2.75) is 65.0 Å². The number of amides is 1. The number of benzene rings is 1. The molecule has 0 unspecified atom stereocenters. The Labute approximate surface area is 181 Å². The lowest BCUT2D eigenvalue weighted by Gasteiger charge is -2.43. The molecule has 2 saturated heterocycles. The lowest BCUT2D eigenvalue weighted by molar-refractivity contribution is -0.139. The maximum absolute atomic E-state index is 13.1. The highest BCUT2D eigenvalue weighted by Crippen LogP contribution is 2.31. The van der Waals surface area contributed by atoms with Crippen LogP contribution in [0, 0.1) is 11.8 Å². The van der Waals surface area contributed by atoms with Gasteiger partial charge in [-0.1, -0.05) is 6.42 Å². The summed E-state index contributed by atoms with van der Waals surface area (Å²) in [7, 11) is 0. The van der Waals surface area contributed by atoms with Crippen LogP contribution in [0.3, 0.4) is 0 Å². The molecule has 1 aromatic carbocycles. The highest BCUT2D eigenvalue weighted by molar-refractivity contribution is 5.98. The summed E-state index contributed by atoms with van der Waals surface area (Å²) in [6, 6.07) is 9.12. The summed E-state index contributed by atoms with van der Waals surface area (Å²) in [5.74, 6) is 1.07. The van der Waals surface area contributed by atoms with Gasteiger partial charge in [0.2, 0.25) is 5.91 Å². The van der Waals surface area contributed by atoms with Crippen LogP contribution in [0.4, 0.5) is 5.69 Å². The third-order valence-corrected chi connectivity index (χ3v) is 7.49. The Bertz CT molecular complexity index is 748. The van der Waals surface area contributed by atoms with Gasteiger partial charge in [-0.05, 0) is 70.7 Å². The summed E-state index contributed by atoms with van der Waals surface area (Å²) >= 11 is 0. The molecule has 1 atom stereocenters. The summed E-state index contributed by atoms with van der Waals surface area (Å²) < 4.78 is 0. The van der Waals surface area contributed by atoms with Crippen LogP contribution in [0.25, 0.3) is 0 Å². The van der Waals surface area contributed by atoms with Gasteiger partial charge in [-0.3, -0.25) is 14.5 Å². The molecule has 2 heterocycles. The summed E-state index contributed by atoms with van der Waals surface area (Å²) in [5, 5.41) is 0. The van der Waals surface area contributed by atoms with E-state index in [0.29, 0.717) is 23.8 Å². The third kappa shape index (κ3) is 4.41. The average molecular weight is 412 g/mol. The first kappa shape index (κ1) is 21.4. The third-order valence-electron chi connectivity index (χ3n) is 7.49. The summed E-state index contributed by atoms with van der Waals surface area (Å²) in [5.41, 5.74) is 2.02. The van der Waals surface area contributed by atoms with Crippen LogP contribution in [0.2, 0.25) is 0 Å². The van der Waals surface area contributed by atoms with Gasteiger partial charge in [0.25, 0.3) is 0 Å². The zero-order valence-corrected chi connectivity index (χ0v) is 18.8. The second kappa shape index (κ2) is 9.09. The smallest absolute Gasteiger partial charge is 0.225 e. The number of rotatable bonds is 5. The number of piperidine rings is 1. The van der Waals surface area contributed by atoms with E-state index in [1.54, 1.807) is 0 Å². The molecule has 0 aromatic heterocycles. The van der Waals surface area contributed by atoms with Crippen molar-refractivity contribution in [3.8, 4) is 0 Å². The fourth-order valence-corrected chi connectivity index (χ4v) is 5.32. The Morgan fingerprint density at radius 2 is 1.57 bits per heavy atom. The molecule has 0 bridgehead atoms. The second-order valence-corrected chi connectivity index (χ2v) is 9.77. The van der Waals surface area contributed by atoms with Gasteiger partial charge in [0, 0.05) is 67.9 Å². The fraction of sp³-hybridized carbons (Fsp3) is 0.680. The van der Waals surface area contributed by atoms with Crippen molar-refractivity contribution in [2.75, 3.05) is 37.6 Å². The molecule has 0 radical (unpaired) electrons.